The Morgan fingerprint density at radius 3 is 2.79 bits per heavy atom. The van der Waals surface area contributed by atoms with Gasteiger partial charge in [0.25, 0.3) is 0 Å². The number of rotatable bonds is 4. The van der Waals surface area contributed by atoms with Crippen LogP contribution in [0, 0.1) is 11.8 Å². The van der Waals surface area contributed by atoms with E-state index in [1.807, 2.05) is 13.8 Å². The highest BCUT2D eigenvalue weighted by atomic mass is 32.1. The van der Waals surface area contributed by atoms with E-state index in [0.29, 0.717) is 17.2 Å². The Labute approximate surface area is 145 Å². The van der Waals surface area contributed by atoms with Gasteiger partial charge < -0.3 is 9.84 Å². The van der Waals surface area contributed by atoms with Crippen LogP contribution >= 0.6 is 11.3 Å². The minimum Gasteiger partial charge on any atom is -0.490 e. The van der Waals surface area contributed by atoms with Crippen LogP contribution in [-0.2, 0) is 0 Å². The second-order valence-corrected chi connectivity index (χ2v) is 7.00. The number of aromatic carboxylic acids is 1. The summed E-state index contributed by atoms with van der Waals surface area (Å²) in [5.41, 5.74) is 1.91. The summed E-state index contributed by atoms with van der Waals surface area (Å²) in [7, 11) is 0. The zero-order valence-electron chi connectivity index (χ0n) is 13.7. The Bertz CT molecular complexity index is 810. The molecule has 124 valence electrons. The van der Waals surface area contributed by atoms with Crippen molar-refractivity contribution in [3.63, 3.8) is 0 Å². The zero-order chi connectivity index (χ0) is 17.1. The summed E-state index contributed by atoms with van der Waals surface area (Å²) in [6, 6.07) is 4.99. The van der Waals surface area contributed by atoms with Gasteiger partial charge in [0.2, 0.25) is 0 Å². The SMILES string of the molecule is CC(C)Oc1ccc(C#Cc2nc(C3CCC3)cs2)cc1C(=O)O. The van der Waals surface area contributed by atoms with E-state index in [2.05, 4.69) is 22.2 Å². The number of carboxylic acids is 1. The molecule has 1 fully saturated rings. The van der Waals surface area contributed by atoms with E-state index in [0.717, 1.165) is 10.7 Å². The fourth-order valence-electron chi connectivity index (χ4n) is 2.49. The van der Waals surface area contributed by atoms with Crippen LogP contribution < -0.4 is 4.74 Å². The molecule has 0 saturated heterocycles. The van der Waals surface area contributed by atoms with Crippen LogP contribution in [0.25, 0.3) is 0 Å². The highest BCUT2D eigenvalue weighted by molar-refractivity contribution is 7.10. The van der Waals surface area contributed by atoms with Crippen molar-refractivity contribution in [2.45, 2.75) is 45.1 Å². The summed E-state index contributed by atoms with van der Waals surface area (Å²) >= 11 is 1.54. The molecule has 1 N–H and O–H groups in total. The van der Waals surface area contributed by atoms with E-state index in [4.69, 9.17) is 4.74 Å². The van der Waals surface area contributed by atoms with Gasteiger partial charge in [-0.25, -0.2) is 9.78 Å². The molecule has 1 aromatic carbocycles. The molecule has 1 aromatic heterocycles. The number of nitrogens with zero attached hydrogens (tertiary/aromatic N) is 1. The summed E-state index contributed by atoms with van der Waals surface area (Å²) in [4.78, 5) is 16.0. The molecule has 5 heteroatoms. The maximum absolute atomic E-state index is 11.4. The molecule has 0 aliphatic heterocycles. The topological polar surface area (TPSA) is 59.4 Å². The van der Waals surface area contributed by atoms with Crippen molar-refractivity contribution in [1.29, 1.82) is 0 Å². The molecule has 1 heterocycles. The third kappa shape index (κ3) is 3.77. The van der Waals surface area contributed by atoms with Gasteiger partial charge in [-0.3, -0.25) is 0 Å². The zero-order valence-corrected chi connectivity index (χ0v) is 14.5. The van der Waals surface area contributed by atoms with Gasteiger partial charge in [0, 0.05) is 16.9 Å². The standard InChI is InChI=1S/C19H19NO3S/c1-12(2)23-17-8-6-13(10-15(17)19(21)22)7-9-18-20-16(11-24-18)14-4-3-5-14/h6,8,10-12,14H,3-5H2,1-2H3,(H,21,22). The van der Waals surface area contributed by atoms with Crippen LogP contribution in [0.15, 0.2) is 23.6 Å². The summed E-state index contributed by atoms with van der Waals surface area (Å²) < 4.78 is 5.53. The molecule has 24 heavy (non-hydrogen) atoms. The average molecular weight is 341 g/mol. The fourth-order valence-corrected chi connectivity index (χ4v) is 3.24. The highest BCUT2D eigenvalue weighted by Gasteiger charge is 2.21. The predicted molar refractivity (Wildman–Crippen MR) is 93.9 cm³/mol. The van der Waals surface area contributed by atoms with Gasteiger partial charge in [0.1, 0.15) is 11.3 Å². The lowest BCUT2D eigenvalue weighted by atomic mass is 9.83. The number of ether oxygens (including phenoxy) is 1. The van der Waals surface area contributed by atoms with Gasteiger partial charge in [-0.05, 0) is 50.8 Å². The summed E-state index contributed by atoms with van der Waals surface area (Å²) in [5.74, 6) is 5.99. The normalized spacial score (nSPS) is 14.0. The van der Waals surface area contributed by atoms with Crippen molar-refractivity contribution in [2.75, 3.05) is 0 Å². The molecular weight excluding hydrogens is 322 g/mol. The second kappa shape index (κ2) is 7.06. The van der Waals surface area contributed by atoms with E-state index in [-0.39, 0.29) is 11.7 Å². The van der Waals surface area contributed by atoms with Gasteiger partial charge in [0.15, 0.2) is 5.01 Å². The lowest BCUT2D eigenvalue weighted by Crippen LogP contribution is -2.10. The number of benzene rings is 1. The summed E-state index contributed by atoms with van der Waals surface area (Å²) in [5, 5.41) is 12.2. The van der Waals surface area contributed by atoms with Crippen molar-refractivity contribution >= 4 is 17.3 Å². The minimum absolute atomic E-state index is 0.0831. The summed E-state index contributed by atoms with van der Waals surface area (Å²) in [6.07, 6.45) is 3.64. The molecule has 1 aliphatic rings. The highest BCUT2D eigenvalue weighted by Crippen LogP contribution is 2.36. The quantitative estimate of drug-likeness (QED) is 0.843. The van der Waals surface area contributed by atoms with Crippen molar-refractivity contribution in [2.24, 2.45) is 0 Å². The molecule has 3 rings (SSSR count). The van der Waals surface area contributed by atoms with Gasteiger partial charge >= 0.3 is 5.97 Å². The molecule has 1 saturated carbocycles. The monoisotopic (exact) mass is 341 g/mol. The first-order chi connectivity index (χ1) is 11.5. The minimum atomic E-state index is -1.02. The first-order valence-electron chi connectivity index (χ1n) is 8.04. The van der Waals surface area contributed by atoms with Crippen LogP contribution in [0.1, 0.15) is 65.7 Å². The van der Waals surface area contributed by atoms with Crippen LogP contribution in [0.4, 0.5) is 0 Å². The smallest absolute Gasteiger partial charge is 0.339 e. The number of aromatic nitrogens is 1. The van der Waals surface area contributed by atoms with Gasteiger partial charge in [0.05, 0.1) is 11.8 Å². The first-order valence-corrected chi connectivity index (χ1v) is 8.92. The maximum Gasteiger partial charge on any atom is 0.339 e. The lowest BCUT2D eigenvalue weighted by molar-refractivity contribution is 0.0690. The van der Waals surface area contributed by atoms with Crippen molar-refractivity contribution in [3.05, 3.63) is 45.4 Å². The Morgan fingerprint density at radius 1 is 1.38 bits per heavy atom. The number of carbonyl (C=O) groups is 1. The number of hydrogen-bond donors (Lipinski definition) is 1. The molecule has 0 bridgehead atoms. The maximum atomic E-state index is 11.4. The molecule has 0 amide bonds. The number of hydrogen-bond acceptors (Lipinski definition) is 4. The van der Waals surface area contributed by atoms with Crippen molar-refractivity contribution in [3.8, 4) is 17.6 Å². The predicted octanol–water partition coefficient (Wildman–Crippen LogP) is 4.30. The molecule has 0 unspecified atom stereocenters. The largest absolute Gasteiger partial charge is 0.490 e. The van der Waals surface area contributed by atoms with E-state index in [9.17, 15) is 9.90 Å². The Balaban J connectivity index is 1.81. The first kappa shape index (κ1) is 16.5. The lowest BCUT2D eigenvalue weighted by Gasteiger charge is -2.22. The fraction of sp³-hybridized carbons (Fsp3) is 0.368. The Kier molecular flexibility index (Phi) is 4.86. The molecule has 0 radical (unpaired) electrons. The molecule has 1 aliphatic carbocycles. The summed E-state index contributed by atoms with van der Waals surface area (Å²) in [6.45, 7) is 3.73. The van der Waals surface area contributed by atoms with E-state index < -0.39 is 5.97 Å². The molecular formula is C19H19NO3S. The molecule has 2 aromatic rings. The molecule has 4 nitrogen and oxygen atoms in total. The van der Waals surface area contributed by atoms with Gasteiger partial charge in [-0.1, -0.05) is 12.3 Å². The van der Waals surface area contributed by atoms with Crippen LogP contribution in [0.5, 0.6) is 5.75 Å². The second-order valence-electron chi connectivity index (χ2n) is 6.14. The molecule has 0 atom stereocenters. The number of carboxylic acid groups (broad SMARTS) is 1. The van der Waals surface area contributed by atoms with Crippen LogP contribution in [0.2, 0.25) is 0 Å². The van der Waals surface area contributed by atoms with Crippen LogP contribution in [-0.4, -0.2) is 22.2 Å². The van der Waals surface area contributed by atoms with E-state index >= 15 is 0 Å². The Morgan fingerprint density at radius 2 is 2.17 bits per heavy atom. The van der Waals surface area contributed by atoms with Gasteiger partial charge in [-0.15, -0.1) is 11.3 Å². The average Bonchev–Trinajstić information content (AvgIpc) is 2.92. The van der Waals surface area contributed by atoms with Crippen molar-refractivity contribution in [1.82, 2.24) is 4.98 Å². The van der Waals surface area contributed by atoms with Crippen molar-refractivity contribution < 1.29 is 14.6 Å². The van der Waals surface area contributed by atoms with E-state index in [1.54, 1.807) is 29.5 Å². The third-order valence-corrected chi connectivity index (χ3v) is 4.71. The molecule has 0 spiro atoms. The third-order valence-electron chi connectivity index (χ3n) is 3.93. The number of thiazole rings is 1. The van der Waals surface area contributed by atoms with E-state index in [1.165, 1.54) is 19.3 Å². The Hall–Kier alpha value is -2.32. The van der Waals surface area contributed by atoms with Gasteiger partial charge in [-0.2, -0.15) is 0 Å². The van der Waals surface area contributed by atoms with Crippen LogP contribution in [0.3, 0.4) is 0 Å².